The molecule has 2 atom stereocenters. The Morgan fingerprint density at radius 1 is 1.48 bits per heavy atom. The van der Waals surface area contributed by atoms with Crippen molar-refractivity contribution >= 4 is 11.8 Å². The zero-order valence-corrected chi connectivity index (χ0v) is 14.0. The topological polar surface area (TPSA) is 35.8 Å². The Morgan fingerprint density at radius 3 is 3.05 bits per heavy atom. The summed E-state index contributed by atoms with van der Waals surface area (Å²) >= 11 is 1.92. The van der Waals surface area contributed by atoms with Gasteiger partial charge in [-0.1, -0.05) is 31.0 Å². The SMILES string of the molecule is CCCNC1(C#N)CCCC1CCSc1cccc(C)c1. The quantitative estimate of drug-likeness (QED) is 0.751. The molecule has 1 saturated carbocycles. The van der Waals surface area contributed by atoms with E-state index in [1.165, 1.54) is 23.3 Å². The van der Waals surface area contributed by atoms with Crippen LogP contribution in [0.5, 0.6) is 0 Å². The monoisotopic (exact) mass is 302 g/mol. The van der Waals surface area contributed by atoms with Gasteiger partial charge in [0.15, 0.2) is 0 Å². The van der Waals surface area contributed by atoms with Gasteiger partial charge in [0.05, 0.1) is 6.07 Å². The average Bonchev–Trinajstić information content (AvgIpc) is 2.89. The van der Waals surface area contributed by atoms with Crippen LogP contribution in [0.1, 0.15) is 44.6 Å². The summed E-state index contributed by atoms with van der Waals surface area (Å²) < 4.78 is 0. The van der Waals surface area contributed by atoms with E-state index in [4.69, 9.17) is 0 Å². The first kappa shape index (κ1) is 16.4. The zero-order valence-electron chi connectivity index (χ0n) is 13.2. The van der Waals surface area contributed by atoms with Crippen LogP contribution in [0.2, 0.25) is 0 Å². The fourth-order valence-electron chi connectivity index (χ4n) is 3.26. The van der Waals surface area contributed by atoms with E-state index in [2.05, 4.69) is 49.5 Å². The lowest BCUT2D eigenvalue weighted by Gasteiger charge is -2.30. The molecule has 0 bridgehead atoms. The molecule has 0 heterocycles. The van der Waals surface area contributed by atoms with Gasteiger partial charge in [-0.15, -0.1) is 11.8 Å². The van der Waals surface area contributed by atoms with Gasteiger partial charge in [-0.2, -0.15) is 5.26 Å². The first-order chi connectivity index (χ1) is 10.2. The van der Waals surface area contributed by atoms with Crippen molar-refractivity contribution < 1.29 is 0 Å². The van der Waals surface area contributed by atoms with Gasteiger partial charge in [-0.3, -0.25) is 5.32 Å². The highest BCUT2D eigenvalue weighted by Crippen LogP contribution is 2.38. The number of nitriles is 1. The number of hydrogen-bond donors (Lipinski definition) is 1. The molecule has 2 rings (SSSR count). The minimum atomic E-state index is -0.261. The molecule has 0 aliphatic heterocycles. The van der Waals surface area contributed by atoms with Crippen LogP contribution >= 0.6 is 11.8 Å². The molecule has 2 nitrogen and oxygen atoms in total. The van der Waals surface area contributed by atoms with E-state index in [1.54, 1.807) is 0 Å². The van der Waals surface area contributed by atoms with Crippen LogP contribution in [-0.2, 0) is 0 Å². The molecule has 1 aromatic rings. The minimum Gasteiger partial charge on any atom is -0.299 e. The highest BCUT2D eigenvalue weighted by Gasteiger charge is 2.42. The van der Waals surface area contributed by atoms with Crippen molar-refractivity contribution in [3.05, 3.63) is 29.8 Å². The number of thioether (sulfide) groups is 1. The molecule has 1 N–H and O–H groups in total. The molecule has 2 unspecified atom stereocenters. The highest BCUT2D eigenvalue weighted by atomic mass is 32.2. The summed E-state index contributed by atoms with van der Waals surface area (Å²) in [5, 5.41) is 13.2. The maximum atomic E-state index is 9.65. The lowest BCUT2D eigenvalue weighted by molar-refractivity contribution is 0.311. The Hall–Kier alpha value is -0.980. The Bertz CT molecular complexity index is 494. The summed E-state index contributed by atoms with van der Waals surface area (Å²) in [4.78, 5) is 1.34. The van der Waals surface area contributed by atoms with Gasteiger partial charge in [0.2, 0.25) is 0 Å². The number of benzene rings is 1. The molecule has 0 radical (unpaired) electrons. The summed E-state index contributed by atoms with van der Waals surface area (Å²) in [6, 6.07) is 11.3. The predicted octanol–water partition coefficient (Wildman–Crippen LogP) is 4.54. The number of aryl methyl sites for hydroxylation is 1. The van der Waals surface area contributed by atoms with Gasteiger partial charge in [0, 0.05) is 4.90 Å². The van der Waals surface area contributed by atoms with Crippen LogP contribution in [0.15, 0.2) is 29.2 Å². The number of nitrogens with one attached hydrogen (secondary N) is 1. The van der Waals surface area contributed by atoms with E-state index in [-0.39, 0.29) is 5.54 Å². The fourth-order valence-corrected chi connectivity index (χ4v) is 4.34. The van der Waals surface area contributed by atoms with Gasteiger partial charge in [-0.05, 0) is 63.0 Å². The average molecular weight is 302 g/mol. The maximum absolute atomic E-state index is 9.65. The lowest BCUT2D eigenvalue weighted by Crippen LogP contribution is -2.47. The van der Waals surface area contributed by atoms with Gasteiger partial charge in [0.1, 0.15) is 5.54 Å². The molecule has 1 fully saturated rings. The summed E-state index contributed by atoms with van der Waals surface area (Å²) in [7, 11) is 0. The second kappa shape index (κ2) is 7.87. The molecule has 3 heteroatoms. The van der Waals surface area contributed by atoms with Gasteiger partial charge in [-0.25, -0.2) is 0 Å². The summed E-state index contributed by atoms with van der Waals surface area (Å²) in [6.07, 6.45) is 5.61. The molecule has 0 spiro atoms. The molecular weight excluding hydrogens is 276 g/mol. The molecule has 0 saturated heterocycles. The maximum Gasteiger partial charge on any atom is 0.109 e. The Balaban J connectivity index is 1.88. The third kappa shape index (κ3) is 4.25. The van der Waals surface area contributed by atoms with E-state index in [0.29, 0.717) is 5.92 Å². The molecule has 1 aliphatic carbocycles. The molecule has 1 aliphatic rings. The third-order valence-corrected chi connectivity index (χ3v) is 5.46. The van der Waals surface area contributed by atoms with Crippen molar-refractivity contribution in [3.63, 3.8) is 0 Å². The van der Waals surface area contributed by atoms with Gasteiger partial charge < -0.3 is 0 Å². The van der Waals surface area contributed by atoms with Crippen LogP contribution in [0.4, 0.5) is 0 Å². The van der Waals surface area contributed by atoms with E-state index in [9.17, 15) is 5.26 Å². The molecular formula is C18H26N2S. The van der Waals surface area contributed by atoms with Crippen LogP contribution in [0, 0.1) is 24.2 Å². The van der Waals surface area contributed by atoms with Crippen LogP contribution in [0.3, 0.4) is 0 Å². The molecule has 1 aromatic carbocycles. The van der Waals surface area contributed by atoms with Crippen molar-refractivity contribution in [2.24, 2.45) is 5.92 Å². The molecule has 0 amide bonds. The number of nitrogens with zero attached hydrogens (tertiary/aromatic N) is 1. The van der Waals surface area contributed by atoms with E-state index >= 15 is 0 Å². The van der Waals surface area contributed by atoms with Crippen molar-refractivity contribution in [2.45, 2.75) is 56.4 Å². The zero-order chi connectivity index (χ0) is 15.1. The Labute approximate surface area is 133 Å². The largest absolute Gasteiger partial charge is 0.299 e. The van der Waals surface area contributed by atoms with Crippen molar-refractivity contribution in [2.75, 3.05) is 12.3 Å². The number of rotatable bonds is 7. The van der Waals surface area contributed by atoms with Crippen LogP contribution < -0.4 is 5.32 Å². The first-order valence-electron chi connectivity index (χ1n) is 8.06. The van der Waals surface area contributed by atoms with Gasteiger partial charge >= 0.3 is 0 Å². The van der Waals surface area contributed by atoms with Crippen molar-refractivity contribution in [3.8, 4) is 6.07 Å². The minimum absolute atomic E-state index is 0.261. The standard InChI is InChI=1S/C18H26N2S/c1-3-11-20-18(14-19)10-5-7-16(18)9-12-21-17-8-4-6-15(2)13-17/h4,6,8,13,16,20H,3,5,7,9-12H2,1-2H3. The van der Waals surface area contributed by atoms with Gasteiger partial charge in [0.25, 0.3) is 0 Å². The third-order valence-electron chi connectivity index (χ3n) is 4.44. The Morgan fingerprint density at radius 2 is 2.33 bits per heavy atom. The summed E-state index contributed by atoms with van der Waals surface area (Å²) in [5.41, 5.74) is 1.06. The Kier molecular flexibility index (Phi) is 6.14. The second-order valence-corrected chi connectivity index (χ2v) is 7.22. The lowest BCUT2D eigenvalue weighted by atomic mass is 9.86. The number of hydrogen-bond acceptors (Lipinski definition) is 3. The molecule has 0 aromatic heterocycles. The second-order valence-electron chi connectivity index (χ2n) is 6.05. The van der Waals surface area contributed by atoms with Crippen molar-refractivity contribution in [1.82, 2.24) is 5.32 Å². The van der Waals surface area contributed by atoms with E-state index < -0.39 is 0 Å². The first-order valence-corrected chi connectivity index (χ1v) is 9.04. The van der Waals surface area contributed by atoms with Crippen molar-refractivity contribution in [1.29, 1.82) is 5.26 Å². The van der Waals surface area contributed by atoms with E-state index in [0.717, 1.165) is 31.6 Å². The fraction of sp³-hybridized carbons (Fsp3) is 0.611. The highest BCUT2D eigenvalue weighted by molar-refractivity contribution is 7.99. The smallest absolute Gasteiger partial charge is 0.109 e. The van der Waals surface area contributed by atoms with E-state index in [1.807, 2.05) is 11.8 Å². The van der Waals surface area contributed by atoms with Crippen LogP contribution in [0.25, 0.3) is 0 Å². The normalized spacial score (nSPS) is 24.9. The van der Waals surface area contributed by atoms with Crippen LogP contribution in [-0.4, -0.2) is 17.8 Å². The molecule has 114 valence electrons. The summed E-state index contributed by atoms with van der Waals surface area (Å²) in [6.45, 7) is 5.25. The predicted molar refractivity (Wildman–Crippen MR) is 90.5 cm³/mol. The molecule has 21 heavy (non-hydrogen) atoms. The summed E-state index contributed by atoms with van der Waals surface area (Å²) in [5.74, 6) is 1.61.